The summed E-state index contributed by atoms with van der Waals surface area (Å²) < 4.78 is 10.8. The van der Waals surface area contributed by atoms with Crippen LogP contribution in [0.25, 0.3) is 0 Å². The molecule has 1 aliphatic rings. The molecule has 1 aliphatic heterocycles. The molecule has 8 heteroatoms. The molecule has 0 unspecified atom stereocenters. The predicted octanol–water partition coefficient (Wildman–Crippen LogP) is 0.927. The number of nitrogens with one attached hydrogen (secondary N) is 2. The van der Waals surface area contributed by atoms with E-state index in [1.165, 1.54) is 0 Å². The quantitative estimate of drug-likeness (QED) is 0.522. The zero-order valence-corrected chi connectivity index (χ0v) is 12.0. The Labute approximate surface area is 118 Å². The van der Waals surface area contributed by atoms with Crippen LogP contribution in [0.5, 0.6) is 6.01 Å². The van der Waals surface area contributed by atoms with Gasteiger partial charge < -0.3 is 14.8 Å². The Hall–Kier alpha value is -1.67. The van der Waals surface area contributed by atoms with Gasteiger partial charge in [0.05, 0.1) is 6.61 Å². The number of hydrogen-bond donors (Lipinski definition) is 3. The van der Waals surface area contributed by atoms with E-state index in [4.69, 9.17) is 15.3 Å². The summed E-state index contributed by atoms with van der Waals surface area (Å²) in [5.41, 5.74) is 2.34. The largest absolute Gasteiger partial charge is 0.463 e. The first-order valence-corrected chi connectivity index (χ1v) is 6.86. The number of rotatable bonds is 6. The SMILES string of the molecule is CCCOc1nc(NN)nc(NC2(C)CCOCC2)n1. The summed E-state index contributed by atoms with van der Waals surface area (Å²) in [6.07, 6.45) is 2.68. The van der Waals surface area contributed by atoms with E-state index in [1.54, 1.807) is 0 Å². The lowest BCUT2D eigenvalue weighted by Crippen LogP contribution is -2.41. The van der Waals surface area contributed by atoms with Gasteiger partial charge in [-0.2, -0.15) is 15.0 Å². The van der Waals surface area contributed by atoms with Crippen molar-refractivity contribution in [3.05, 3.63) is 0 Å². The van der Waals surface area contributed by atoms with Crippen LogP contribution in [0.15, 0.2) is 0 Å². The van der Waals surface area contributed by atoms with Crippen LogP contribution < -0.4 is 21.3 Å². The molecule has 8 nitrogen and oxygen atoms in total. The van der Waals surface area contributed by atoms with Crippen molar-refractivity contribution in [2.24, 2.45) is 5.84 Å². The number of hydrazine groups is 1. The molecule has 2 rings (SSSR count). The molecule has 0 radical (unpaired) electrons. The highest BCUT2D eigenvalue weighted by Crippen LogP contribution is 2.24. The summed E-state index contributed by atoms with van der Waals surface area (Å²) in [6, 6.07) is 0.271. The van der Waals surface area contributed by atoms with Crippen molar-refractivity contribution in [3.8, 4) is 6.01 Å². The second kappa shape index (κ2) is 6.67. The van der Waals surface area contributed by atoms with Crippen LogP contribution in [0.3, 0.4) is 0 Å². The molecule has 20 heavy (non-hydrogen) atoms. The predicted molar refractivity (Wildman–Crippen MR) is 75.5 cm³/mol. The Kier molecular flexibility index (Phi) is 4.91. The van der Waals surface area contributed by atoms with Crippen molar-refractivity contribution < 1.29 is 9.47 Å². The molecule has 4 N–H and O–H groups in total. The third-order valence-corrected chi connectivity index (χ3v) is 3.19. The van der Waals surface area contributed by atoms with Gasteiger partial charge in [0.25, 0.3) is 0 Å². The van der Waals surface area contributed by atoms with Crippen molar-refractivity contribution in [1.29, 1.82) is 0 Å². The van der Waals surface area contributed by atoms with Gasteiger partial charge in [-0.25, -0.2) is 5.84 Å². The minimum atomic E-state index is -0.0898. The van der Waals surface area contributed by atoms with Gasteiger partial charge in [0.2, 0.25) is 11.9 Å². The van der Waals surface area contributed by atoms with Gasteiger partial charge in [0, 0.05) is 18.8 Å². The van der Waals surface area contributed by atoms with E-state index in [1.807, 2.05) is 6.92 Å². The maximum atomic E-state index is 5.44. The number of nitrogens with two attached hydrogens (primary N) is 1. The fraction of sp³-hybridized carbons (Fsp3) is 0.750. The molecule has 0 saturated carbocycles. The minimum Gasteiger partial charge on any atom is -0.463 e. The first-order chi connectivity index (χ1) is 9.65. The lowest BCUT2D eigenvalue weighted by Gasteiger charge is -2.34. The molecular weight excluding hydrogens is 260 g/mol. The lowest BCUT2D eigenvalue weighted by molar-refractivity contribution is 0.0655. The first kappa shape index (κ1) is 14.7. The van der Waals surface area contributed by atoms with Crippen molar-refractivity contribution >= 4 is 11.9 Å². The molecule has 0 aromatic carbocycles. The molecule has 0 aliphatic carbocycles. The number of nitrogen functional groups attached to an aromatic ring is 1. The van der Waals surface area contributed by atoms with Crippen LogP contribution in [-0.4, -0.2) is 40.3 Å². The van der Waals surface area contributed by atoms with Crippen molar-refractivity contribution in [2.45, 2.75) is 38.6 Å². The topological polar surface area (TPSA) is 107 Å². The normalized spacial score (nSPS) is 17.6. The number of anilines is 2. The molecule has 0 atom stereocenters. The van der Waals surface area contributed by atoms with E-state index in [2.05, 4.69) is 32.6 Å². The molecule has 1 aromatic heterocycles. The smallest absolute Gasteiger partial charge is 0.323 e. The van der Waals surface area contributed by atoms with Gasteiger partial charge in [0.1, 0.15) is 0 Å². The average molecular weight is 282 g/mol. The highest BCUT2D eigenvalue weighted by molar-refractivity contribution is 5.37. The molecule has 0 spiro atoms. The number of aromatic nitrogens is 3. The molecule has 0 bridgehead atoms. The van der Waals surface area contributed by atoms with Crippen LogP contribution in [0.1, 0.15) is 33.1 Å². The fourth-order valence-corrected chi connectivity index (χ4v) is 1.95. The van der Waals surface area contributed by atoms with Crippen LogP contribution in [-0.2, 0) is 4.74 Å². The Morgan fingerprint density at radius 3 is 2.60 bits per heavy atom. The monoisotopic (exact) mass is 282 g/mol. The van der Waals surface area contributed by atoms with Gasteiger partial charge >= 0.3 is 6.01 Å². The lowest BCUT2D eigenvalue weighted by atomic mass is 9.93. The molecule has 1 aromatic rings. The van der Waals surface area contributed by atoms with Crippen molar-refractivity contribution in [3.63, 3.8) is 0 Å². The highest BCUT2D eigenvalue weighted by Gasteiger charge is 2.28. The van der Waals surface area contributed by atoms with Crippen molar-refractivity contribution in [1.82, 2.24) is 15.0 Å². The van der Waals surface area contributed by atoms with Gasteiger partial charge in [-0.15, -0.1) is 0 Å². The van der Waals surface area contributed by atoms with E-state index in [0.29, 0.717) is 12.6 Å². The Morgan fingerprint density at radius 1 is 1.25 bits per heavy atom. The number of ether oxygens (including phenoxy) is 2. The van der Waals surface area contributed by atoms with Crippen molar-refractivity contribution in [2.75, 3.05) is 30.6 Å². The van der Waals surface area contributed by atoms with Gasteiger partial charge in [-0.05, 0) is 26.2 Å². The average Bonchev–Trinajstić information content (AvgIpc) is 2.45. The Bertz CT molecular complexity index is 436. The third kappa shape index (κ3) is 3.91. The second-order valence-corrected chi connectivity index (χ2v) is 5.06. The molecule has 1 saturated heterocycles. The van der Waals surface area contributed by atoms with E-state index in [9.17, 15) is 0 Å². The minimum absolute atomic E-state index is 0.0898. The van der Waals surface area contributed by atoms with Gasteiger partial charge in [-0.1, -0.05) is 6.92 Å². The van der Waals surface area contributed by atoms with Crippen LogP contribution in [0, 0.1) is 0 Å². The van der Waals surface area contributed by atoms with Gasteiger partial charge in [-0.3, -0.25) is 5.43 Å². The zero-order chi connectivity index (χ0) is 14.4. The van der Waals surface area contributed by atoms with E-state index >= 15 is 0 Å². The summed E-state index contributed by atoms with van der Waals surface area (Å²) in [4.78, 5) is 12.5. The maximum absolute atomic E-state index is 5.44. The third-order valence-electron chi connectivity index (χ3n) is 3.19. The maximum Gasteiger partial charge on any atom is 0.323 e. The van der Waals surface area contributed by atoms with E-state index < -0.39 is 0 Å². The fourth-order valence-electron chi connectivity index (χ4n) is 1.95. The van der Waals surface area contributed by atoms with Crippen LogP contribution in [0.2, 0.25) is 0 Å². The molecule has 2 heterocycles. The summed E-state index contributed by atoms with van der Waals surface area (Å²) in [7, 11) is 0. The van der Waals surface area contributed by atoms with Crippen LogP contribution >= 0.6 is 0 Å². The van der Waals surface area contributed by atoms with Crippen LogP contribution in [0.4, 0.5) is 11.9 Å². The molecular formula is C12H22N6O2. The first-order valence-electron chi connectivity index (χ1n) is 6.86. The highest BCUT2D eigenvalue weighted by atomic mass is 16.5. The summed E-state index contributed by atoms with van der Waals surface area (Å²) in [6.45, 7) is 6.16. The summed E-state index contributed by atoms with van der Waals surface area (Å²) in [5, 5.41) is 3.33. The second-order valence-electron chi connectivity index (χ2n) is 5.06. The molecule has 112 valence electrons. The molecule has 1 fully saturated rings. The van der Waals surface area contributed by atoms with Gasteiger partial charge in [0.15, 0.2) is 0 Å². The Balaban J connectivity index is 2.12. The standard InChI is InChI=1S/C12H22N6O2/c1-3-6-20-11-15-9(14-10(16-11)18-13)17-12(2)4-7-19-8-5-12/h3-8,13H2,1-2H3,(H2,14,15,16,17,18). The summed E-state index contributed by atoms with van der Waals surface area (Å²) >= 11 is 0. The Morgan fingerprint density at radius 2 is 1.95 bits per heavy atom. The number of nitrogens with zero attached hydrogens (tertiary/aromatic N) is 3. The number of hydrogen-bond acceptors (Lipinski definition) is 8. The zero-order valence-electron chi connectivity index (χ0n) is 12.0. The molecule has 0 amide bonds. The van der Waals surface area contributed by atoms with E-state index in [-0.39, 0.29) is 17.5 Å². The summed E-state index contributed by atoms with van der Waals surface area (Å²) in [5.74, 6) is 6.12. The van der Waals surface area contributed by atoms with E-state index in [0.717, 1.165) is 32.5 Å².